The molecule has 23 heavy (non-hydrogen) atoms. The molecule has 0 radical (unpaired) electrons. The molecule has 0 fully saturated rings. The van der Waals surface area contributed by atoms with Gasteiger partial charge in [0.1, 0.15) is 10.6 Å². The average Bonchev–Trinajstić information content (AvgIpc) is 2.45. The van der Waals surface area contributed by atoms with E-state index in [-0.39, 0.29) is 14.9 Å². The maximum atomic E-state index is 12.6. The Hall–Kier alpha value is -1.43. The van der Waals surface area contributed by atoms with Gasteiger partial charge in [-0.05, 0) is 38.5 Å². The van der Waals surface area contributed by atoms with Gasteiger partial charge >= 0.3 is 0 Å². The molecule has 2 rings (SSSR count). The Kier molecular flexibility index (Phi) is 5.45. The van der Waals surface area contributed by atoms with Crippen LogP contribution in [-0.2, 0) is 10.0 Å². The predicted octanol–water partition coefficient (Wildman–Crippen LogP) is 4.81. The van der Waals surface area contributed by atoms with Gasteiger partial charge in [0, 0.05) is 6.07 Å². The fraction of sp³-hybridized carbons (Fsp3) is 0.250. The average molecular weight is 374 g/mol. The lowest BCUT2D eigenvalue weighted by Crippen LogP contribution is -2.14. The van der Waals surface area contributed by atoms with Crippen LogP contribution in [0.25, 0.3) is 0 Å². The summed E-state index contributed by atoms with van der Waals surface area (Å²) in [5.74, 6) is 0.352. The third-order valence-electron chi connectivity index (χ3n) is 3.20. The Labute approximate surface area is 146 Å². The van der Waals surface area contributed by atoms with Crippen molar-refractivity contribution in [3.05, 3.63) is 51.5 Å². The van der Waals surface area contributed by atoms with Crippen LogP contribution in [0.5, 0.6) is 5.75 Å². The Morgan fingerprint density at radius 3 is 2.39 bits per heavy atom. The van der Waals surface area contributed by atoms with Gasteiger partial charge in [0.05, 0.1) is 22.3 Å². The van der Waals surface area contributed by atoms with Gasteiger partial charge in [-0.15, -0.1) is 0 Å². The van der Waals surface area contributed by atoms with Crippen LogP contribution in [-0.4, -0.2) is 15.0 Å². The molecule has 2 aromatic rings. The van der Waals surface area contributed by atoms with Crippen LogP contribution in [0, 0.1) is 13.8 Å². The van der Waals surface area contributed by atoms with Gasteiger partial charge in [-0.25, -0.2) is 8.42 Å². The monoisotopic (exact) mass is 373 g/mol. The molecule has 0 atom stereocenters. The minimum atomic E-state index is -3.86. The summed E-state index contributed by atoms with van der Waals surface area (Å²) in [5, 5.41) is 0.243. The minimum Gasteiger partial charge on any atom is -0.492 e. The molecule has 1 N–H and O–H groups in total. The Balaban J connectivity index is 2.41. The molecule has 0 amide bonds. The fourth-order valence-electron chi connectivity index (χ4n) is 2.11. The SMILES string of the molecule is CCOc1cc(Cl)c(S(=O)(=O)Nc2ccc(C)cc2C)cc1Cl. The summed E-state index contributed by atoms with van der Waals surface area (Å²) in [5.41, 5.74) is 2.37. The van der Waals surface area contributed by atoms with E-state index in [2.05, 4.69) is 4.72 Å². The molecule has 0 aromatic heterocycles. The highest BCUT2D eigenvalue weighted by Crippen LogP contribution is 2.34. The lowest BCUT2D eigenvalue weighted by Gasteiger charge is -2.14. The van der Waals surface area contributed by atoms with E-state index in [9.17, 15) is 8.42 Å². The Morgan fingerprint density at radius 2 is 1.78 bits per heavy atom. The van der Waals surface area contributed by atoms with E-state index in [4.69, 9.17) is 27.9 Å². The van der Waals surface area contributed by atoms with Gasteiger partial charge in [-0.2, -0.15) is 0 Å². The number of anilines is 1. The number of benzene rings is 2. The van der Waals surface area contributed by atoms with E-state index < -0.39 is 10.0 Å². The maximum Gasteiger partial charge on any atom is 0.263 e. The molecular formula is C16H17Cl2NO3S. The molecule has 0 saturated carbocycles. The highest BCUT2D eigenvalue weighted by atomic mass is 35.5. The fourth-order valence-corrected chi connectivity index (χ4v) is 4.07. The van der Waals surface area contributed by atoms with Gasteiger partial charge < -0.3 is 4.74 Å². The standard InChI is InChI=1S/C16H17Cl2NO3S/c1-4-22-15-8-13(18)16(9-12(15)17)23(20,21)19-14-6-5-10(2)7-11(14)3/h5-9,19H,4H2,1-3H3. The molecule has 0 aliphatic carbocycles. The van der Waals surface area contributed by atoms with E-state index in [0.29, 0.717) is 18.0 Å². The van der Waals surface area contributed by atoms with Crippen molar-refractivity contribution < 1.29 is 13.2 Å². The van der Waals surface area contributed by atoms with Gasteiger partial charge in [-0.1, -0.05) is 40.9 Å². The molecule has 0 unspecified atom stereocenters. The topological polar surface area (TPSA) is 55.4 Å². The first-order valence-electron chi connectivity index (χ1n) is 6.96. The van der Waals surface area contributed by atoms with E-state index in [0.717, 1.165) is 11.1 Å². The first kappa shape index (κ1) is 17.9. The largest absolute Gasteiger partial charge is 0.492 e. The molecule has 2 aromatic carbocycles. The third-order valence-corrected chi connectivity index (χ3v) is 5.33. The van der Waals surface area contributed by atoms with Crippen molar-refractivity contribution in [2.75, 3.05) is 11.3 Å². The van der Waals surface area contributed by atoms with Crippen LogP contribution < -0.4 is 9.46 Å². The lowest BCUT2D eigenvalue weighted by molar-refractivity contribution is 0.340. The molecule has 0 aliphatic rings. The molecule has 4 nitrogen and oxygen atoms in total. The molecule has 7 heteroatoms. The van der Waals surface area contributed by atoms with Crippen molar-refractivity contribution in [1.29, 1.82) is 0 Å². The Morgan fingerprint density at radius 1 is 1.09 bits per heavy atom. The van der Waals surface area contributed by atoms with Crippen molar-refractivity contribution in [3.63, 3.8) is 0 Å². The number of aryl methyl sites for hydroxylation is 2. The Bertz CT molecular complexity index is 835. The van der Waals surface area contributed by atoms with E-state index in [1.54, 1.807) is 13.0 Å². The zero-order valence-electron chi connectivity index (χ0n) is 13.0. The molecule has 0 heterocycles. The summed E-state index contributed by atoms with van der Waals surface area (Å²) < 4.78 is 33.0. The van der Waals surface area contributed by atoms with Crippen LogP contribution in [0.3, 0.4) is 0 Å². The molecular weight excluding hydrogens is 357 g/mol. The van der Waals surface area contributed by atoms with Crippen molar-refractivity contribution in [2.45, 2.75) is 25.7 Å². The number of hydrogen-bond acceptors (Lipinski definition) is 3. The second kappa shape index (κ2) is 6.99. The summed E-state index contributed by atoms with van der Waals surface area (Å²) in [7, 11) is -3.86. The van der Waals surface area contributed by atoms with Crippen molar-refractivity contribution in [1.82, 2.24) is 0 Å². The first-order chi connectivity index (χ1) is 10.7. The van der Waals surface area contributed by atoms with Crippen molar-refractivity contribution in [3.8, 4) is 5.75 Å². The molecule has 0 aliphatic heterocycles. The predicted molar refractivity (Wildman–Crippen MR) is 94.4 cm³/mol. The van der Waals surface area contributed by atoms with Crippen LogP contribution in [0.2, 0.25) is 10.0 Å². The summed E-state index contributed by atoms with van der Waals surface area (Å²) in [6.45, 7) is 5.98. The van der Waals surface area contributed by atoms with Crippen molar-refractivity contribution >= 4 is 38.9 Å². The number of ether oxygens (including phenoxy) is 1. The van der Waals surface area contributed by atoms with Gasteiger partial charge in [0.15, 0.2) is 0 Å². The maximum absolute atomic E-state index is 12.6. The number of rotatable bonds is 5. The van der Waals surface area contributed by atoms with Crippen molar-refractivity contribution in [2.24, 2.45) is 0 Å². The quantitative estimate of drug-likeness (QED) is 0.817. The van der Waals surface area contributed by atoms with Crippen LogP contribution in [0.4, 0.5) is 5.69 Å². The minimum absolute atomic E-state index is 0.0510. The molecule has 124 valence electrons. The second-order valence-electron chi connectivity index (χ2n) is 5.07. The van der Waals surface area contributed by atoms with Gasteiger partial charge in [0.2, 0.25) is 0 Å². The number of halogens is 2. The van der Waals surface area contributed by atoms with Crippen LogP contribution >= 0.6 is 23.2 Å². The summed E-state index contributed by atoms with van der Waals surface area (Å²) in [6, 6.07) is 8.14. The summed E-state index contributed by atoms with van der Waals surface area (Å²) >= 11 is 12.2. The molecule has 0 bridgehead atoms. The summed E-state index contributed by atoms with van der Waals surface area (Å²) in [6.07, 6.45) is 0. The van der Waals surface area contributed by atoms with E-state index in [1.165, 1.54) is 12.1 Å². The highest BCUT2D eigenvalue weighted by molar-refractivity contribution is 7.92. The van der Waals surface area contributed by atoms with Gasteiger partial charge in [0.25, 0.3) is 10.0 Å². The number of hydrogen-bond donors (Lipinski definition) is 1. The van der Waals surface area contributed by atoms with Crippen LogP contribution in [0.15, 0.2) is 35.2 Å². The first-order valence-corrected chi connectivity index (χ1v) is 9.20. The highest BCUT2D eigenvalue weighted by Gasteiger charge is 2.21. The lowest BCUT2D eigenvalue weighted by atomic mass is 10.1. The van der Waals surface area contributed by atoms with E-state index in [1.807, 2.05) is 26.0 Å². The second-order valence-corrected chi connectivity index (χ2v) is 7.54. The zero-order valence-corrected chi connectivity index (χ0v) is 15.3. The van der Waals surface area contributed by atoms with E-state index >= 15 is 0 Å². The summed E-state index contributed by atoms with van der Waals surface area (Å²) in [4.78, 5) is -0.0902. The zero-order chi connectivity index (χ0) is 17.2. The normalized spacial score (nSPS) is 11.3. The molecule has 0 saturated heterocycles. The molecule has 0 spiro atoms. The smallest absolute Gasteiger partial charge is 0.263 e. The van der Waals surface area contributed by atoms with Gasteiger partial charge in [-0.3, -0.25) is 4.72 Å². The number of sulfonamides is 1. The third kappa shape index (κ3) is 4.10. The van der Waals surface area contributed by atoms with Crippen LogP contribution in [0.1, 0.15) is 18.1 Å². The number of nitrogens with one attached hydrogen (secondary N) is 1.